The maximum absolute atomic E-state index is 6.15. The van der Waals surface area contributed by atoms with Gasteiger partial charge in [-0.05, 0) is 37.5 Å². The van der Waals surface area contributed by atoms with E-state index in [1.54, 1.807) is 0 Å². The molecular formula is C15H14Cl2N2O. The molecule has 1 aliphatic carbocycles. The van der Waals surface area contributed by atoms with Gasteiger partial charge in [-0.3, -0.25) is 0 Å². The van der Waals surface area contributed by atoms with E-state index < -0.39 is 0 Å². The van der Waals surface area contributed by atoms with Crippen LogP contribution in [0.1, 0.15) is 35.7 Å². The van der Waals surface area contributed by atoms with Crippen LogP contribution in [0.3, 0.4) is 0 Å². The summed E-state index contributed by atoms with van der Waals surface area (Å²) in [6.45, 7) is 2.28. The van der Waals surface area contributed by atoms with Crippen molar-refractivity contribution in [1.29, 1.82) is 0 Å². The molecule has 0 N–H and O–H groups in total. The summed E-state index contributed by atoms with van der Waals surface area (Å²) in [7, 11) is 0. The van der Waals surface area contributed by atoms with E-state index in [2.05, 4.69) is 9.97 Å². The largest absolute Gasteiger partial charge is 0.472 e. The molecule has 0 amide bonds. The topological polar surface area (TPSA) is 35.0 Å². The highest BCUT2D eigenvalue weighted by molar-refractivity contribution is 6.30. The normalized spacial score (nSPS) is 14.3. The Morgan fingerprint density at radius 1 is 1.25 bits per heavy atom. The van der Waals surface area contributed by atoms with Crippen LogP contribution in [-0.4, -0.2) is 9.97 Å². The number of nitrogens with zero attached hydrogens (tertiary/aromatic N) is 2. The maximum atomic E-state index is 6.15. The minimum atomic E-state index is 0.416. The predicted molar refractivity (Wildman–Crippen MR) is 79.5 cm³/mol. The van der Waals surface area contributed by atoms with Crippen molar-refractivity contribution < 1.29 is 4.74 Å². The van der Waals surface area contributed by atoms with Gasteiger partial charge in [0.1, 0.15) is 17.6 Å². The molecule has 0 bridgehead atoms. The first kappa shape index (κ1) is 13.7. The Balaban J connectivity index is 1.79. The van der Waals surface area contributed by atoms with E-state index in [-0.39, 0.29) is 0 Å². The third kappa shape index (κ3) is 3.05. The molecule has 20 heavy (non-hydrogen) atoms. The average molecular weight is 309 g/mol. The minimum absolute atomic E-state index is 0.416. The molecule has 1 aromatic heterocycles. The monoisotopic (exact) mass is 308 g/mol. The zero-order valence-corrected chi connectivity index (χ0v) is 12.6. The van der Waals surface area contributed by atoms with Crippen LogP contribution in [0.5, 0.6) is 5.88 Å². The second kappa shape index (κ2) is 5.58. The Bertz CT molecular complexity index is 642. The molecule has 2 aromatic rings. The van der Waals surface area contributed by atoms with Crippen molar-refractivity contribution in [2.45, 2.75) is 32.3 Å². The van der Waals surface area contributed by atoms with Crippen molar-refractivity contribution >= 4 is 23.2 Å². The Labute approximate surface area is 127 Å². The van der Waals surface area contributed by atoms with Crippen molar-refractivity contribution in [2.24, 2.45) is 0 Å². The van der Waals surface area contributed by atoms with E-state index in [0.29, 0.717) is 28.6 Å². The van der Waals surface area contributed by atoms with E-state index in [4.69, 9.17) is 27.9 Å². The quantitative estimate of drug-likeness (QED) is 0.777. The van der Waals surface area contributed by atoms with Crippen LogP contribution in [0.25, 0.3) is 0 Å². The molecule has 0 aliphatic heterocycles. The van der Waals surface area contributed by atoms with Crippen LogP contribution in [0.15, 0.2) is 24.3 Å². The lowest BCUT2D eigenvalue weighted by Gasteiger charge is -2.10. The molecule has 0 radical (unpaired) electrons. The van der Waals surface area contributed by atoms with Crippen molar-refractivity contribution in [3.63, 3.8) is 0 Å². The number of hydrogen-bond acceptors (Lipinski definition) is 3. The van der Waals surface area contributed by atoms with Gasteiger partial charge >= 0.3 is 0 Å². The van der Waals surface area contributed by atoms with Gasteiger partial charge in [-0.1, -0.05) is 35.3 Å². The lowest BCUT2D eigenvalue weighted by atomic mass is 10.2. The van der Waals surface area contributed by atoms with Gasteiger partial charge < -0.3 is 4.74 Å². The second-order valence-electron chi connectivity index (χ2n) is 5.00. The first-order chi connectivity index (χ1) is 9.63. The summed E-state index contributed by atoms with van der Waals surface area (Å²) in [6, 6.07) is 7.58. The standard InChI is InChI=1S/C15H14Cl2N2O/c1-9-13(17)18-14(11-5-6-11)19-15(9)20-8-10-3-2-4-12(16)7-10/h2-4,7,11H,5-6,8H2,1H3. The minimum Gasteiger partial charge on any atom is -0.472 e. The first-order valence-corrected chi connectivity index (χ1v) is 7.30. The van der Waals surface area contributed by atoms with Gasteiger partial charge in [-0.2, -0.15) is 4.98 Å². The number of benzene rings is 1. The highest BCUT2D eigenvalue weighted by atomic mass is 35.5. The molecule has 5 heteroatoms. The molecule has 1 fully saturated rings. The predicted octanol–water partition coefficient (Wildman–Crippen LogP) is 4.55. The van der Waals surface area contributed by atoms with Crippen LogP contribution < -0.4 is 4.74 Å². The van der Waals surface area contributed by atoms with E-state index in [9.17, 15) is 0 Å². The third-order valence-corrected chi connectivity index (χ3v) is 3.87. The Kier molecular flexibility index (Phi) is 3.81. The fraction of sp³-hybridized carbons (Fsp3) is 0.333. The molecule has 104 valence electrons. The molecule has 1 heterocycles. The molecule has 0 unspecified atom stereocenters. The summed E-state index contributed by atoms with van der Waals surface area (Å²) in [5.41, 5.74) is 1.78. The van der Waals surface area contributed by atoms with Gasteiger partial charge in [-0.25, -0.2) is 4.98 Å². The number of aromatic nitrogens is 2. The Morgan fingerprint density at radius 3 is 2.75 bits per heavy atom. The van der Waals surface area contributed by atoms with Gasteiger partial charge in [0, 0.05) is 16.5 Å². The van der Waals surface area contributed by atoms with Crippen LogP contribution in [0.4, 0.5) is 0 Å². The van der Waals surface area contributed by atoms with Crippen molar-refractivity contribution in [1.82, 2.24) is 9.97 Å². The van der Waals surface area contributed by atoms with Crippen molar-refractivity contribution in [3.05, 3.63) is 51.4 Å². The number of ether oxygens (including phenoxy) is 1. The van der Waals surface area contributed by atoms with Crippen LogP contribution in [0, 0.1) is 6.92 Å². The van der Waals surface area contributed by atoms with Crippen LogP contribution in [-0.2, 0) is 6.61 Å². The van der Waals surface area contributed by atoms with E-state index >= 15 is 0 Å². The fourth-order valence-corrected chi connectivity index (χ4v) is 2.31. The molecule has 3 rings (SSSR count). The average Bonchev–Trinajstić information content (AvgIpc) is 3.25. The second-order valence-corrected chi connectivity index (χ2v) is 5.79. The zero-order chi connectivity index (χ0) is 14.1. The fourth-order valence-electron chi connectivity index (χ4n) is 1.93. The molecule has 0 saturated heterocycles. The van der Waals surface area contributed by atoms with Crippen molar-refractivity contribution in [3.8, 4) is 5.88 Å². The van der Waals surface area contributed by atoms with E-state index in [1.165, 1.54) is 0 Å². The molecule has 1 aromatic carbocycles. The van der Waals surface area contributed by atoms with E-state index in [1.807, 2.05) is 31.2 Å². The molecule has 0 spiro atoms. The number of hydrogen-bond donors (Lipinski definition) is 0. The van der Waals surface area contributed by atoms with Gasteiger partial charge in [0.15, 0.2) is 0 Å². The summed E-state index contributed by atoms with van der Waals surface area (Å²) in [5, 5.41) is 1.17. The van der Waals surface area contributed by atoms with Gasteiger partial charge in [-0.15, -0.1) is 0 Å². The Morgan fingerprint density at radius 2 is 2.05 bits per heavy atom. The van der Waals surface area contributed by atoms with Crippen molar-refractivity contribution in [2.75, 3.05) is 0 Å². The van der Waals surface area contributed by atoms with Crippen LogP contribution >= 0.6 is 23.2 Å². The Hall–Kier alpha value is -1.32. The smallest absolute Gasteiger partial charge is 0.221 e. The molecule has 3 nitrogen and oxygen atoms in total. The van der Waals surface area contributed by atoms with Gasteiger partial charge in [0.2, 0.25) is 5.88 Å². The summed E-state index contributed by atoms with van der Waals surface area (Å²) in [6.07, 6.45) is 2.26. The van der Waals surface area contributed by atoms with Gasteiger partial charge in [0.25, 0.3) is 0 Å². The highest BCUT2D eigenvalue weighted by Gasteiger charge is 2.28. The highest BCUT2D eigenvalue weighted by Crippen LogP contribution is 2.39. The summed E-state index contributed by atoms with van der Waals surface area (Å²) in [5.74, 6) is 1.80. The zero-order valence-electron chi connectivity index (χ0n) is 11.1. The maximum Gasteiger partial charge on any atom is 0.221 e. The molecule has 1 aliphatic rings. The number of halogens is 2. The van der Waals surface area contributed by atoms with Gasteiger partial charge in [0.05, 0.1) is 0 Å². The SMILES string of the molecule is Cc1c(Cl)nc(C2CC2)nc1OCc1cccc(Cl)c1. The molecule has 0 atom stereocenters. The molecule has 1 saturated carbocycles. The summed E-state index contributed by atoms with van der Waals surface area (Å²) < 4.78 is 5.78. The lowest BCUT2D eigenvalue weighted by molar-refractivity contribution is 0.290. The summed E-state index contributed by atoms with van der Waals surface area (Å²) in [4.78, 5) is 8.80. The molecular weight excluding hydrogens is 295 g/mol. The third-order valence-electron chi connectivity index (χ3n) is 3.27. The van der Waals surface area contributed by atoms with E-state index in [0.717, 1.165) is 29.8 Å². The van der Waals surface area contributed by atoms with Crippen LogP contribution in [0.2, 0.25) is 10.2 Å². The number of rotatable bonds is 4. The first-order valence-electron chi connectivity index (χ1n) is 6.55. The lowest BCUT2D eigenvalue weighted by Crippen LogP contribution is -2.03. The summed E-state index contributed by atoms with van der Waals surface area (Å²) >= 11 is 12.1.